The molecule has 5 nitrogen and oxygen atoms in total. The molecule has 2 aliphatic rings. The van der Waals surface area contributed by atoms with Gasteiger partial charge in [0.1, 0.15) is 11.5 Å². The number of likely N-dealkylation sites (tertiary alicyclic amines) is 1. The second-order valence-corrected chi connectivity index (χ2v) is 7.83. The summed E-state index contributed by atoms with van der Waals surface area (Å²) in [4.78, 5) is 28.0. The molecule has 1 atom stereocenters. The molecule has 140 valence electrons. The summed E-state index contributed by atoms with van der Waals surface area (Å²) in [7, 11) is 0. The van der Waals surface area contributed by atoms with Crippen LogP contribution < -0.4 is 4.74 Å². The molecule has 4 rings (SSSR count). The second kappa shape index (κ2) is 6.85. The molecular weight excluding hydrogens is 362 g/mol. The smallest absolute Gasteiger partial charge is 0.295 e. The van der Waals surface area contributed by atoms with Gasteiger partial charge in [0, 0.05) is 23.4 Å². The Bertz CT molecular complexity index is 959. The topological polar surface area (TPSA) is 66.8 Å². The lowest BCUT2D eigenvalue weighted by Crippen LogP contribution is -2.30. The number of ether oxygens (including phenoxy) is 1. The molecule has 2 aliphatic heterocycles. The maximum Gasteiger partial charge on any atom is 0.295 e. The van der Waals surface area contributed by atoms with Crippen LogP contribution in [0.5, 0.6) is 5.75 Å². The van der Waals surface area contributed by atoms with Crippen molar-refractivity contribution in [3.8, 4) is 5.75 Å². The minimum atomic E-state index is -0.615. The van der Waals surface area contributed by atoms with Gasteiger partial charge in [0.05, 0.1) is 18.2 Å². The van der Waals surface area contributed by atoms with Crippen LogP contribution in [0.15, 0.2) is 35.2 Å². The first-order chi connectivity index (χ1) is 13.0. The van der Waals surface area contributed by atoms with Crippen LogP contribution in [0.2, 0.25) is 0 Å². The van der Waals surface area contributed by atoms with Crippen LogP contribution in [-0.2, 0) is 16.0 Å². The number of rotatable bonds is 4. The van der Waals surface area contributed by atoms with Gasteiger partial charge in [-0.2, -0.15) is 0 Å². The Morgan fingerprint density at radius 2 is 2.15 bits per heavy atom. The van der Waals surface area contributed by atoms with Crippen molar-refractivity contribution in [2.45, 2.75) is 32.7 Å². The van der Waals surface area contributed by atoms with Crippen molar-refractivity contribution < 1.29 is 19.4 Å². The van der Waals surface area contributed by atoms with E-state index in [1.165, 1.54) is 11.3 Å². The maximum atomic E-state index is 12.8. The first-order valence-electron chi connectivity index (χ1n) is 9.11. The van der Waals surface area contributed by atoms with Gasteiger partial charge in [0.25, 0.3) is 11.7 Å². The number of ketones is 1. The number of amides is 1. The van der Waals surface area contributed by atoms with Gasteiger partial charge in [0.15, 0.2) is 0 Å². The average molecular weight is 383 g/mol. The summed E-state index contributed by atoms with van der Waals surface area (Å²) in [6.07, 6.45) is 1.51. The largest absolute Gasteiger partial charge is 0.507 e. The van der Waals surface area contributed by atoms with Gasteiger partial charge < -0.3 is 14.7 Å². The second-order valence-electron chi connectivity index (χ2n) is 6.88. The Kier molecular flexibility index (Phi) is 4.52. The summed E-state index contributed by atoms with van der Waals surface area (Å²) >= 11 is 1.51. The molecule has 6 heteroatoms. The molecule has 0 aliphatic carbocycles. The van der Waals surface area contributed by atoms with Crippen molar-refractivity contribution in [2.24, 2.45) is 0 Å². The molecule has 1 fully saturated rings. The summed E-state index contributed by atoms with van der Waals surface area (Å²) in [5.74, 6) is -0.459. The highest BCUT2D eigenvalue weighted by atomic mass is 32.1. The molecule has 1 aromatic carbocycles. The number of Topliss-reactive ketones (excluding diaryl/α,β-unsaturated/α-hetero) is 1. The number of aliphatic hydroxyl groups is 1. The van der Waals surface area contributed by atoms with E-state index in [1.54, 1.807) is 11.0 Å². The fraction of sp³-hybridized carbons (Fsp3) is 0.333. The molecule has 0 spiro atoms. The molecule has 0 radical (unpaired) electrons. The summed E-state index contributed by atoms with van der Waals surface area (Å²) in [5, 5.41) is 13.0. The predicted molar refractivity (Wildman–Crippen MR) is 104 cm³/mol. The van der Waals surface area contributed by atoms with Crippen molar-refractivity contribution in [1.82, 2.24) is 4.90 Å². The molecular formula is C21H21NO4S. The van der Waals surface area contributed by atoms with Crippen LogP contribution in [0.3, 0.4) is 0 Å². The zero-order valence-electron chi connectivity index (χ0n) is 15.3. The summed E-state index contributed by atoms with van der Waals surface area (Å²) in [6.45, 7) is 5.03. The Morgan fingerprint density at radius 3 is 2.85 bits per heavy atom. The van der Waals surface area contributed by atoms with E-state index in [4.69, 9.17) is 4.74 Å². The Morgan fingerprint density at radius 1 is 1.33 bits per heavy atom. The molecule has 0 saturated carbocycles. The molecule has 1 saturated heterocycles. The van der Waals surface area contributed by atoms with Crippen molar-refractivity contribution in [3.63, 3.8) is 0 Å². The number of fused-ring (bicyclic) bond motifs is 1. The molecule has 27 heavy (non-hydrogen) atoms. The van der Waals surface area contributed by atoms with Crippen LogP contribution in [0.25, 0.3) is 5.76 Å². The van der Waals surface area contributed by atoms with E-state index in [0.717, 1.165) is 34.6 Å². The fourth-order valence-electron chi connectivity index (χ4n) is 3.78. The minimum Gasteiger partial charge on any atom is -0.507 e. The van der Waals surface area contributed by atoms with Crippen LogP contribution >= 0.6 is 11.3 Å². The number of benzene rings is 1. The molecule has 1 N–H and O–H groups in total. The lowest BCUT2D eigenvalue weighted by atomic mass is 9.97. The number of aryl methyl sites for hydroxylation is 1. The number of carbonyl (C=O) groups excluding carboxylic acids is 2. The summed E-state index contributed by atoms with van der Waals surface area (Å²) < 4.78 is 5.52. The summed E-state index contributed by atoms with van der Waals surface area (Å²) in [6, 6.07) is 6.84. The third-order valence-electron chi connectivity index (χ3n) is 5.12. The van der Waals surface area contributed by atoms with E-state index in [-0.39, 0.29) is 11.3 Å². The van der Waals surface area contributed by atoms with Crippen LogP contribution in [0, 0.1) is 6.92 Å². The van der Waals surface area contributed by atoms with Crippen molar-refractivity contribution in [3.05, 3.63) is 56.8 Å². The van der Waals surface area contributed by atoms with Crippen LogP contribution in [-0.4, -0.2) is 34.8 Å². The van der Waals surface area contributed by atoms with Crippen LogP contribution in [0.1, 0.15) is 41.0 Å². The summed E-state index contributed by atoms with van der Waals surface area (Å²) in [5.41, 5.74) is 2.75. The van der Waals surface area contributed by atoms with Crippen molar-refractivity contribution in [1.29, 1.82) is 0 Å². The molecule has 2 aromatic rings. The predicted octanol–water partition coefficient (Wildman–Crippen LogP) is 3.82. The molecule has 3 heterocycles. The number of aliphatic hydroxyl groups excluding tert-OH is 1. The molecule has 1 amide bonds. The van der Waals surface area contributed by atoms with Gasteiger partial charge in [-0.05, 0) is 54.1 Å². The van der Waals surface area contributed by atoms with Gasteiger partial charge >= 0.3 is 0 Å². The number of thiophene rings is 1. The van der Waals surface area contributed by atoms with E-state index in [1.807, 2.05) is 37.4 Å². The first kappa shape index (κ1) is 17.8. The van der Waals surface area contributed by atoms with Gasteiger partial charge in [-0.3, -0.25) is 9.59 Å². The SMILES string of the molecule is CCCN1C(=O)C(=O)/C(=C(\O)c2ccc3c(c2)CCO3)C1c1sccc1C. The van der Waals surface area contributed by atoms with Gasteiger partial charge in [-0.1, -0.05) is 6.92 Å². The minimum absolute atomic E-state index is 0.112. The van der Waals surface area contributed by atoms with E-state index in [0.29, 0.717) is 18.7 Å². The molecule has 1 unspecified atom stereocenters. The standard InChI is InChI=1S/C21H21NO4S/c1-3-8-22-17(20-12(2)7-10-27-20)16(19(24)21(22)25)18(23)14-4-5-15-13(11-14)6-9-26-15/h4-5,7,10-11,17,23H,3,6,8-9H2,1-2H3/b18-16-. The molecule has 1 aromatic heterocycles. The van der Waals surface area contributed by atoms with E-state index in [9.17, 15) is 14.7 Å². The Labute approximate surface area is 161 Å². The zero-order valence-corrected chi connectivity index (χ0v) is 16.1. The maximum absolute atomic E-state index is 12.8. The first-order valence-corrected chi connectivity index (χ1v) is 9.99. The Hall–Kier alpha value is -2.60. The quantitative estimate of drug-likeness (QED) is 0.495. The third kappa shape index (κ3) is 2.84. The van der Waals surface area contributed by atoms with E-state index >= 15 is 0 Å². The van der Waals surface area contributed by atoms with Gasteiger partial charge in [0.2, 0.25) is 0 Å². The number of nitrogens with zero attached hydrogens (tertiary/aromatic N) is 1. The van der Waals surface area contributed by atoms with Gasteiger partial charge in [-0.25, -0.2) is 0 Å². The monoisotopic (exact) mass is 383 g/mol. The fourth-order valence-corrected chi connectivity index (χ4v) is 4.82. The normalized spacial score (nSPS) is 20.8. The highest BCUT2D eigenvalue weighted by molar-refractivity contribution is 7.10. The highest BCUT2D eigenvalue weighted by Gasteiger charge is 2.46. The lowest BCUT2D eigenvalue weighted by Gasteiger charge is -2.24. The highest BCUT2D eigenvalue weighted by Crippen LogP contribution is 2.43. The van der Waals surface area contributed by atoms with E-state index < -0.39 is 17.7 Å². The lowest BCUT2D eigenvalue weighted by molar-refractivity contribution is -0.139. The number of hydrogen-bond acceptors (Lipinski definition) is 5. The van der Waals surface area contributed by atoms with Crippen LogP contribution in [0.4, 0.5) is 0 Å². The number of carbonyl (C=O) groups is 2. The molecule has 0 bridgehead atoms. The zero-order chi connectivity index (χ0) is 19.1. The van der Waals surface area contributed by atoms with Crippen molar-refractivity contribution >= 4 is 28.8 Å². The van der Waals surface area contributed by atoms with Gasteiger partial charge in [-0.15, -0.1) is 11.3 Å². The van der Waals surface area contributed by atoms with E-state index in [2.05, 4.69) is 0 Å². The third-order valence-corrected chi connectivity index (χ3v) is 6.19. The van der Waals surface area contributed by atoms with Crippen molar-refractivity contribution in [2.75, 3.05) is 13.2 Å². The average Bonchev–Trinajstić information content (AvgIpc) is 3.35. The Balaban J connectivity index is 1.87. The number of hydrogen-bond donors (Lipinski definition) is 1.